The first-order valence-corrected chi connectivity index (χ1v) is 6.27. The van der Waals surface area contributed by atoms with E-state index in [1.165, 1.54) is 11.6 Å². The van der Waals surface area contributed by atoms with Gasteiger partial charge in [-0.3, -0.25) is 0 Å². The van der Waals surface area contributed by atoms with Gasteiger partial charge in [-0.2, -0.15) is 0 Å². The van der Waals surface area contributed by atoms with Gasteiger partial charge in [-0.1, -0.05) is 11.6 Å². The SMILES string of the molecule is COc1ccc(/C=C\C(=O)O)c(OC)c1CC=C(C)C. The molecule has 1 rings (SSSR count). The van der Waals surface area contributed by atoms with Crippen molar-refractivity contribution in [3.05, 3.63) is 41.0 Å². The predicted molar refractivity (Wildman–Crippen MR) is 79.4 cm³/mol. The van der Waals surface area contributed by atoms with Crippen molar-refractivity contribution < 1.29 is 19.4 Å². The lowest BCUT2D eigenvalue weighted by atomic mass is 10.0. The highest BCUT2D eigenvalue weighted by Crippen LogP contribution is 2.33. The minimum atomic E-state index is -0.992. The van der Waals surface area contributed by atoms with E-state index in [1.54, 1.807) is 20.3 Å². The van der Waals surface area contributed by atoms with E-state index in [-0.39, 0.29) is 0 Å². The molecule has 4 nitrogen and oxygen atoms in total. The van der Waals surface area contributed by atoms with Crippen molar-refractivity contribution in [2.75, 3.05) is 14.2 Å². The molecular weight excluding hydrogens is 256 g/mol. The van der Waals surface area contributed by atoms with Crippen molar-refractivity contribution in [3.8, 4) is 11.5 Å². The Morgan fingerprint density at radius 2 is 1.95 bits per heavy atom. The first kappa shape index (κ1) is 15.8. The van der Waals surface area contributed by atoms with Crippen molar-refractivity contribution in [2.24, 2.45) is 0 Å². The Balaban J connectivity index is 3.32. The number of allylic oxidation sites excluding steroid dienone is 2. The van der Waals surface area contributed by atoms with Crippen LogP contribution in [0.1, 0.15) is 25.0 Å². The number of carboxylic acid groups (broad SMARTS) is 1. The lowest BCUT2D eigenvalue weighted by molar-refractivity contribution is -0.131. The summed E-state index contributed by atoms with van der Waals surface area (Å²) in [5.74, 6) is 0.375. The lowest BCUT2D eigenvalue weighted by Gasteiger charge is -2.14. The molecule has 0 aromatic heterocycles. The number of hydrogen-bond donors (Lipinski definition) is 1. The van der Waals surface area contributed by atoms with Crippen LogP contribution in [0, 0.1) is 0 Å². The first-order chi connectivity index (χ1) is 9.49. The summed E-state index contributed by atoms with van der Waals surface area (Å²) >= 11 is 0. The Bertz CT molecular complexity index is 538. The van der Waals surface area contributed by atoms with Crippen LogP contribution in [-0.4, -0.2) is 25.3 Å². The zero-order chi connectivity index (χ0) is 15.1. The molecule has 1 N–H and O–H groups in total. The Labute approximate surface area is 119 Å². The second-order valence-corrected chi connectivity index (χ2v) is 4.53. The standard InChI is InChI=1S/C16H20O4/c1-11(2)5-8-13-14(19-3)9-6-12(16(13)20-4)7-10-15(17)18/h5-7,9-10H,8H2,1-4H3,(H,17,18)/b10-7-. The van der Waals surface area contributed by atoms with E-state index in [2.05, 4.69) is 6.08 Å². The summed E-state index contributed by atoms with van der Waals surface area (Å²) in [4.78, 5) is 10.6. The molecule has 0 aliphatic carbocycles. The summed E-state index contributed by atoms with van der Waals surface area (Å²) in [5.41, 5.74) is 2.82. The van der Waals surface area contributed by atoms with Gasteiger partial charge in [0.25, 0.3) is 0 Å². The molecule has 0 aliphatic rings. The van der Waals surface area contributed by atoms with E-state index in [4.69, 9.17) is 14.6 Å². The maximum absolute atomic E-state index is 10.6. The molecular formula is C16H20O4. The third-order valence-electron chi connectivity index (χ3n) is 2.79. The molecule has 108 valence electrons. The fraction of sp³-hybridized carbons (Fsp3) is 0.312. The Hall–Kier alpha value is -2.23. The number of rotatable bonds is 6. The summed E-state index contributed by atoms with van der Waals surface area (Å²) in [6, 6.07) is 3.60. The van der Waals surface area contributed by atoms with Crippen molar-refractivity contribution >= 4 is 12.0 Å². The van der Waals surface area contributed by atoms with Crippen LogP contribution in [0.4, 0.5) is 0 Å². The molecule has 0 fully saturated rings. The van der Waals surface area contributed by atoms with Gasteiger partial charge in [0.05, 0.1) is 14.2 Å². The quantitative estimate of drug-likeness (QED) is 0.639. The number of carboxylic acids is 1. The lowest BCUT2D eigenvalue weighted by Crippen LogP contribution is -1.99. The summed E-state index contributed by atoms with van der Waals surface area (Å²) in [5, 5.41) is 8.72. The van der Waals surface area contributed by atoms with Crippen LogP contribution in [0.15, 0.2) is 29.9 Å². The maximum Gasteiger partial charge on any atom is 0.328 e. The minimum absolute atomic E-state index is 0.638. The van der Waals surface area contributed by atoms with Crippen LogP contribution in [0.2, 0.25) is 0 Å². The van der Waals surface area contributed by atoms with Crippen LogP contribution in [0.3, 0.4) is 0 Å². The summed E-state index contributed by atoms with van der Waals surface area (Å²) in [6.07, 6.45) is 5.36. The van der Waals surface area contributed by atoms with Crippen molar-refractivity contribution in [1.82, 2.24) is 0 Å². The first-order valence-electron chi connectivity index (χ1n) is 6.27. The van der Waals surface area contributed by atoms with E-state index >= 15 is 0 Å². The number of hydrogen-bond acceptors (Lipinski definition) is 3. The van der Waals surface area contributed by atoms with Crippen LogP contribution in [0.5, 0.6) is 11.5 Å². The number of benzene rings is 1. The molecule has 0 amide bonds. The fourth-order valence-corrected chi connectivity index (χ4v) is 1.85. The van der Waals surface area contributed by atoms with E-state index < -0.39 is 5.97 Å². The molecule has 0 atom stereocenters. The molecule has 0 radical (unpaired) electrons. The Morgan fingerprint density at radius 3 is 2.45 bits per heavy atom. The molecule has 0 saturated heterocycles. The van der Waals surface area contributed by atoms with Gasteiger partial charge in [-0.15, -0.1) is 0 Å². The topological polar surface area (TPSA) is 55.8 Å². The molecule has 0 bridgehead atoms. The molecule has 0 spiro atoms. The van der Waals surface area contributed by atoms with Crippen LogP contribution < -0.4 is 9.47 Å². The van der Waals surface area contributed by atoms with E-state index in [9.17, 15) is 4.79 Å². The molecule has 0 heterocycles. The third-order valence-corrected chi connectivity index (χ3v) is 2.79. The van der Waals surface area contributed by atoms with Gasteiger partial charge in [0.1, 0.15) is 11.5 Å². The van der Waals surface area contributed by atoms with Crippen LogP contribution in [-0.2, 0) is 11.2 Å². The average Bonchev–Trinajstić information content (AvgIpc) is 2.41. The van der Waals surface area contributed by atoms with Gasteiger partial charge in [0.15, 0.2) is 0 Å². The number of methoxy groups -OCH3 is 2. The normalized spacial score (nSPS) is 10.4. The maximum atomic E-state index is 10.6. The highest BCUT2D eigenvalue weighted by Gasteiger charge is 2.12. The fourth-order valence-electron chi connectivity index (χ4n) is 1.85. The van der Waals surface area contributed by atoms with Gasteiger partial charge in [0, 0.05) is 17.2 Å². The van der Waals surface area contributed by atoms with Gasteiger partial charge < -0.3 is 14.6 Å². The summed E-state index contributed by atoms with van der Waals surface area (Å²) < 4.78 is 10.8. The number of aliphatic carboxylic acids is 1. The van der Waals surface area contributed by atoms with Crippen LogP contribution in [0.25, 0.3) is 6.08 Å². The van der Waals surface area contributed by atoms with Gasteiger partial charge in [-0.25, -0.2) is 4.79 Å². The molecule has 20 heavy (non-hydrogen) atoms. The van der Waals surface area contributed by atoms with Crippen molar-refractivity contribution in [1.29, 1.82) is 0 Å². The third kappa shape index (κ3) is 4.16. The van der Waals surface area contributed by atoms with Gasteiger partial charge in [-0.05, 0) is 38.5 Å². The molecule has 0 unspecified atom stereocenters. The highest BCUT2D eigenvalue weighted by atomic mass is 16.5. The van der Waals surface area contributed by atoms with Crippen molar-refractivity contribution in [2.45, 2.75) is 20.3 Å². The predicted octanol–water partition coefficient (Wildman–Crippen LogP) is 3.31. The largest absolute Gasteiger partial charge is 0.496 e. The zero-order valence-corrected chi connectivity index (χ0v) is 12.3. The molecule has 0 aliphatic heterocycles. The highest BCUT2D eigenvalue weighted by molar-refractivity contribution is 5.86. The zero-order valence-electron chi connectivity index (χ0n) is 12.3. The van der Waals surface area contributed by atoms with Gasteiger partial charge >= 0.3 is 5.97 Å². The molecule has 1 aromatic rings. The molecule has 1 aromatic carbocycles. The average molecular weight is 276 g/mol. The molecule has 4 heteroatoms. The summed E-state index contributed by atoms with van der Waals surface area (Å²) in [7, 11) is 3.17. The second-order valence-electron chi connectivity index (χ2n) is 4.53. The second kappa shape index (κ2) is 7.38. The molecule has 0 saturated carbocycles. The van der Waals surface area contributed by atoms with E-state index in [1.807, 2.05) is 19.9 Å². The van der Waals surface area contributed by atoms with E-state index in [0.29, 0.717) is 17.7 Å². The summed E-state index contributed by atoms with van der Waals surface area (Å²) in [6.45, 7) is 4.04. The monoisotopic (exact) mass is 276 g/mol. The Morgan fingerprint density at radius 1 is 1.25 bits per heavy atom. The van der Waals surface area contributed by atoms with Gasteiger partial charge in [0.2, 0.25) is 0 Å². The van der Waals surface area contributed by atoms with Crippen molar-refractivity contribution in [3.63, 3.8) is 0 Å². The minimum Gasteiger partial charge on any atom is -0.496 e. The number of ether oxygens (including phenoxy) is 2. The van der Waals surface area contributed by atoms with E-state index in [0.717, 1.165) is 17.4 Å². The number of carbonyl (C=O) groups is 1. The smallest absolute Gasteiger partial charge is 0.328 e. The van der Waals surface area contributed by atoms with Crippen LogP contribution >= 0.6 is 0 Å². The Kier molecular flexibility index (Phi) is 5.84.